The predicted molar refractivity (Wildman–Crippen MR) is 206 cm³/mol. The number of nitrogens with one attached hydrogen (secondary N) is 2. The van der Waals surface area contributed by atoms with E-state index in [4.69, 9.17) is 24.0 Å². The first-order chi connectivity index (χ1) is 27.7. The second-order valence-corrected chi connectivity index (χ2v) is 17.5. The smallest absolute Gasteiger partial charge is 0.469 e. The van der Waals surface area contributed by atoms with Crippen molar-refractivity contribution >= 4 is 72.5 Å². The molecule has 2 amide bonds. The van der Waals surface area contributed by atoms with Crippen LogP contribution in [0.1, 0.15) is 65.0 Å². The molecule has 0 bridgehead atoms. The van der Waals surface area contributed by atoms with E-state index in [1.165, 1.54) is 18.7 Å². The Kier molecular flexibility index (Phi) is 20.0. The highest BCUT2D eigenvalue weighted by Crippen LogP contribution is 2.45. The number of ether oxygens (including phenoxy) is 3. The summed E-state index contributed by atoms with van der Waals surface area (Å²) in [5.74, 6) is -8.50. The van der Waals surface area contributed by atoms with Gasteiger partial charge < -0.3 is 44.8 Å². The average Bonchev–Trinajstić information content (AvgIpc) is 3.36. The Morgan fingerprint density at radius 3 is 2.29 bits per heavy atom. The summed E-state index contributed by atoms with van der Waals surface area (Å²) in [4.78, 5) is 107. The Hall–Kier alpha value is -3.35. The van der Waals surface area contributed by atoms with Crippen molar-refractivity contribution in [2.24, 2.45) is 11.8 Å². The van der Waals surface area contributed by atoms with Gasteiger partial charge in [0, 0.05) is 54.0 Å². The molecule has 5 unspecified atom stereocenters. The van der Waals surface area contributed by atoms with E-state index in [1.54, 1.807) is 11.8 Å². The van der Waals surface area contributed by atoms with Gasteiger partial charge in [-0.3, -0.25) is 37.9 Å². The monoisotopic (exact) mass is 902 g/mol. The number of thioether (sulfide) groups is 2. The molecule has 7 atom stereocenters. The molecule has 332 valence electrons. The van der Waals surface area contributed by atoms with Crippen molar-refractivity contribution in [2.75, 3.05) is 49.8 Å². The number of carboxylic acids is 1. The number of carbonyl (C=O) groups is 6. The molecule has 2 aliphatic rings. The lowest BCUT2D eigenvalue weighted by Gasteiger charge is -2.36. The van der Waals surface area contributed by atoms with Crippen LogP contribution in [0.4, 0.5) is 14.6 Å². The van der Waals surface area contributed by atoms with Gasteiger partial charge >= 0.3 is 31.4 Å². The summed E-state index contributed by atoms with van der Waals surface area (Å²) >= 11 is 3.11. The zero-order valence-corrected chi connectivity index (χ0v) is 34.7. The molecule has 1 aliphatic carbocycles. The summed E-state index contributed by atoms with van der Waals surface area (Å²) in [6.07, 6.45) is -4.16. The SMILES string of the molecule is CCC(CSC1CCC1SCC(CC(=O)CCOCCC(C)=O)C(=O)NCCC(=O)OCC(=O)Nc1ccn(C2O[C@H](COP(=O)(O)O)[C@@H](O)C2(F)F)c(=O)n1)C(=O)O. The van der Waals surface area contributed by atoms with E-state index in [2.05, 4.69) is 20.1 Å². The third-order valence-electron chi connectivity index (χ3n) is 9.11. The molecule has 59 heavy (non-hydrogen) atoms. The molecule has 25 heteroatoms. The molecule has 3 rings (SSSR count). The number of phosphoric acid groups is 1. The highest BCUT2D eigenvalue weighted by molar-refractivity contribution is 8.04. The molecular weight excluding hydrogens is 853 g/mol. The van der Waals surface area contributed by atoms with Crippen LogP contribution >= 0.6 is 31.3 Å². The first-order valence-corrected chi connectivity index (χ1v) is 22.1. The first kappa shape index (κ1) is 50.0. The third kappa shape index (κ3) is 16.6. The van der Waals surface area contributed by atoms with E-state index in [-0.39, 0.29) is 77.8 Å². The van der Waals surface area contributed by atoms with E-state index in [0.29, 0.717) is 12.2 Å². The number of nitrogens with zero attached hydrogens (tertiary/aromatic N) is 2. The van der Waals surface area contributed by atoms with Gasteiger partial charge in [0.1, 0.15) is 23.5 Å². The van der Waals surface area contributed by atoms with Crippen LogP contribution < -0.4 is 16.3 Å². The lowest BCUT2D eigenvalue weighted by atomic mass is 9.99. The molecule has 0 radical (unpaired) electrons. The van der Waals surface area contributed by atoms with E-state index in [1.807, 2.05) is 6.92 Å². The number of phosphoric ester groups is 1. The van der Waals surface area contributed by atoms with Crippen molar-refractivity contribution in [3.05, 3.63) is 22.7 Å². The third-order valence-corrected chi connectivity index (χ3v) is 12.9. The summed E-state index contributed by atoms with van der Waals surface area (Å²) in [5, 5.41) is 24.4. The van der Waals surface area contributed by atoms with E-state index in [0.717, 1.165) is 25.1 Å². The Labute approximate surface area is 345 Å². The van der Waals surface area contributed by atoms with Crippen LogP contribution in [0.15, 0.2) is 17.1 Å². The minimum Gasteiger partial charge on any atom is -0.481 e. The van der Waals surface area contributed by atoms with Crippen LogP contribution in [0.25, 0.3) is 0 Å². The number of anilines is 1. The number of ketones is 2. The Morgan fingerprint density at radius 1 is 1.07 bits per heavy atom. The molecule has 1 saturated carbocycles. The van der Waals surface area contributed by atoms with Gasteiger partial charge in [0.15, 0.2) is 12.7 Å². The van der Waals surface area contributed by atoms with Crippen LogP contribution in [-0.2, 0) is 52.1 Å². The van der Waals surface area contributed by atoms with Crippen molar-refractivity contribution in [1.82, 2.24) is 14.9 Å². The normalized spacial score (nSPS) is 22.1. The van der Waals surface area contributed by atoms with Crippen molar-refractivity contribution in [2.45, 2.75) is 93.7 Å². The summed E-state index contributed by atoms with van der Waals surface area (Å²) in [6, 6.07) is 0.925. The number of aliphatic hydroxyl groups excluding tert-OH is 1. The Balaban J connectivity index is 1.47. The maximum absolute atomic E-state index is 14.7. The minimum absolute atomic E-state index is 0.0279. The molecule has 6 N–H and O–H groups in total. The van der Waals surface area contributed by atoms with Gasteiger partial charge in [0.05, 0.1) is 38.1 Å². The zero-order valence-electron chi connectivity index (χ0n) is 32.2. The van der Waals surface area contributed by atoms with E-state index in [9.17, 15) is 57.1 Å². The minimum atomic E-state index is -5.10. The molecule has 0 spiro atoms. The Bertz CT molecular complexity index is 1750. The number of hydrogen-bond acceptors (Lipinski definition) is 16. The number of aliphatic carboxylic acids is 1. The van der Waals surface area contributed by atoms with Gasteiger partial charge in [-0.1, -0.05) is 6.92 Å². The zero-order chi connectivity index (χ0) is 43.9. The highest BCUT2D eigenvalue weighted by Gasteiger charge is 2.60. The van der Waals surface area contributed by atoms with Crippen molar-refractivity contribution in [1.29, 1.82) is 0 Å². The quantitative estimate of drug-likeness (QED) is 0.0412. The topological polar surface area (TPSA) is 296 Å². The maximum atomic E-state index is 14.7. The predicted octanol–water partition coefficient (Wildman–Crippen LogP) is 1.30. The molecule has 2 heterocycles. The number of aliphatic hydroxyl groups is 1. The molecule has 1 aromatic heterocycles. The number of alkyl halides is 2. The molecular formula is C34H49F2N4O16PS2. The largest absolute Gasteiger partial charge is 0.481 e. The number of Topliss-reactive ketones (excluding diaryl/α,β-unsaturated/α-hetero) is 2. The van der Waals surface area contributed by atoms with Crippen LogP contribution in [0.2, 0.25) is 0 Å². The summed E-state index contributed by atoms with van der Waals surface area (Å²) in [6.45, 7) is 1.31. The summed E-state index contributed by atoms with van der Waals surface area (Å²) in [7, 11) is -5.10. The number of amides is 2. The van der Waals surface area contributed by atoms with E-state index < -0.39 is 92.5 Å². The molecule has 1 aliphatic heterocycles. The fraction of sp³-hybridized carbons (Fsp3) is 0.706. The molecule has 2 fully saturated rings. The molecule has 20 nitrogen and oxygen atoms in total. The number of carboxylic acid groups (broad SMARTS) is 1. The number of esters is 1. The molecule has 1 saturated heterocycles. The number of rotatable bonds is 27. The van der Waals surface area contributed by atoms with Crippen LogP contribution in [-0.4, -0.2) is 138 Å². The number of aromatic nitrogens is 2. The van der Waals surface area contributed by atoms with Crippen molar-refractivity contribution in [3.8, 4) is 0 Å². The standard InChI is InChI=1S/C34H49F2N4O16PS2/c1-3-20(31(47)48)17-58-24-4-5-25(24)59-18-21(14-22(42)9-13-53-12-8-19(2)41)30(46)37-10-6-28(44)54-16-27(43)38-26-7-11-40(33(49)39-26)32-34(35,36)29(45)23(56-32)15-55-57(50,51)52/h7,11,20-21,23-25,29,32,45H,3-6,8-10,12-18H2,1-2H3,(H,37,46)(H,47,48)(H2,50,51,52)(H,38,39,43,49)/t20?,21?,23-,24?,25?,29-,32?/m1/s1. The first-order valence-electron chi connectivity index (χ1n) is 18.5. The van der Waals surface area contributed by atoms with Gasteiger partial charge in [0.25, 0.3) is 5.91 Å². The Morgan fingerprint density at radius 2 is 1.71 bits per heavy atom. The van der Waals surface area contributed by atoms with Crippen LogP contribution in [0, 0.1) is 11.8 Å². The van der Waals surface area contributed by atoms with Gasteiger partial charge in [-0.2, -0.15) is 37.3 Å². The fourth-order valence-corrected chi connectivity index (χ4v) is 9.26. The number of halogens is 2. The van der Waals surface area contributed by atoms with Gasteiger partial charge in [0.2, 0.25) is 12.1 Å². The van der Waals surface area contributed by atoms with Crippen LogP contribution in [0.3, 0.4) is 0 Å². The average molecular weight is 903 g/mol. The summed E-state index contributed by atoms with van der Waals surface area (Å²) < 4.78 is 59.9. The lowest BCUT2D eigenvalue weighted by molar-refractivity contribution is -0.147. The van der Waals surface area contributed by atoms with E-state index >= 15 is 0 Å². The number of hydrogen-bond donors (Lipinski definition) is 6. The summed E-state index contributed by atoms with van der Waals surface area (Å²) in [5.41, 5.74) is -1.37. The van der Waals surface area contributed by atoms with Gasteiger partial charge in [-0.25, -0.2) is 9.36 Å². The van der Waals surface area contributed by atoms with Crippen LogP contribution in [0.5, 0.6) is 0 Å². The lowest BCUT2D eigenvalue weighted by Crippen LogP contribution is -2.42. The second-order valence-electron chi connectivity index (χ2n) is 13.7. The van der Waals surface area contributed by atoms with Crippen molar-refractivity contribution in [3.63, 3.8) is 0 Å². The van der Waals surface area contributed by atoms with Crippen molar-refractivity contribution < 1.29 is 80.8 Å². The fourth-order valence-electron chi connectivity index (χ4n) is 5.54. The molecule has 0 aromatic carbocycles. The number of carbonyl (C=O) groups excluding carboxylic acids is 5. The highest BCUT2D eigenvalue weighted by atomic mass is 32.2. The maximum Gasteiger partial charge on any atom is 0.469 e. The molecule has 1 aromatic rings. The second kappa shape index (κ2) is 23.6. The van der Waals surface area contributed by atoms with Gasteiger partial charge in [-0.15, -0.1) is 0 Å². The van der Waals surface area contributed by atoms with Gasteiger partial charge in [-0.05, 0) is 32.3 Å².